The second-order valence-corrected chi connectivity index (χ2v) is 5.42. The molecule has 0 amide bonds. The molecule has 0 saturated carbocycles. The quantitative estimate of drug-likeness (QED) is 0.718. The maximum Gasteiger partial charge on any atom is 0.167 e. The predicted octanol–water partition coefficient (Wildman–Crippen LogP) is 4.19. The molecule has 0 atom stereocenters. The van der Waals surface area contributed by atoms with Gasteiger partial charge in [-0.3, -0.25) is 0 Å². The molecule has 108 valence electrons. The summed E-state index contributed by atoms with van der Waals surface area (Å²) in [5, 5.41) is 5.08. The van der Waals surface area contributed by atoms with E-state index in [-0.39, 0.29) is 0 Å². The molecule has 0 fully saturated rings. The van der Waals surface area contributed by atoms with Gasteiger partial charge in [0.1, 0.15) is 12.4 Å². The van der Waals surface area contributed by atoms with Gasteiger partial charge < -0.3 is 9.26 Å². The van der Waals surface area contributed by atoms with Gasteiger partial charge in [0.15, 0.2) is 5.58 Å². The molecule has 0 spiro atoms. The number of rotatable bonds is 5. The van der Waals surface area contributed by atoms with Crippen LogP contribution in [0, 0.1) is 6.92 Å². The first kappa shape index (κ1) is 14.0. The van der Waals surface area contributed by atoms with Crippen molar-refractivity contribution in [3.8, 4) is 5.75 Å². The lowest BCUT2D eigenvalue weighted by Crippen LogP contribution is -1.97. The molecule has 21 heavy (non-hydrogen) atoms. The summed E-state index contributed by atoms with van der Waals surface area (Å²) in [6.45, 7) is 2.65. The van der Waals surface area contributed by atoms with E-state index in [0.29, 0.717) is 6.61 Å². The van der Waals surface area contributed by atoms with Crippen molar-refractivity contribution >= 4 is 23.6 Å². The van der Waals surface area contributed by atoms with Crippen molar-refractivity contribution < 1.29 is 9.26 Å². The van der Waals surface area contributed by atoms with E-state index in [2.05, 4.69) is 36.8 Å². The molecule has 0 saturated heterocycles. The van der Waals surface area contributed by atoms with E-state index in [0.717, 1.165) is 34.6 Å². The third-order valence-electron chi connectivity index (χ3n) is 3.52. The predicted molar refractivity (Wildman–Crippen MR) is 87.1 cm³/mol. The summed E-state index contributed by atoms with van der Waals surface area (Å²) in [7, 11) is 0. The highest BCUT2D eigenvalue weighted by molar-refractivity contribution is 7.80. The SMILES string of the molecule is Cc1ccccc1COc1ccc2onc(CCS)c2c1. The van der Waals surface area contributed by atoms with Crippen LogP contribution in [0.5, 0.6) is 5.75 Å². The molecule has 4 heteroatoms. The van der Waals surface area contributed by atoms with Crippen LogP contribution >= 0.6 is 12.6 Å². The van der Waals surface area contributed by atoms with E-state index in [4.69, 9.17) is 9.26 Å². The molecule has 1 aromatic heterocycles. The van der Waals surface area contributed by atoms with Gasteiger partial charge in [-0.25, -0.2) is 0 Å². The lowest BCUT2D eigenvalue weighted by molar-refractivity contribution is 0.306. The summed E-state index contributed by atoms with van der Waals surface area (Å²) in [6.07, 6.45) is 0.789. The van der Waals surface area contributed by atoms with Crippen molar-refractivity contribution in [2.24, 2.45) is 0 Å². The number of fused-ring (bicyclic) bond motifs is 1. The highest BCUT2D eigenvalue weighted by Crippen LogP contribution is 2.25. The van der Waals surface area contributed by atoms with Gasteiger partial charge in [-0.05, 0) is 42.0 Å². The largest absolute Gasteiger partial charge is 0.489 e. The summed E-state index contributed by atoms with van der Waals surface area (Å²) < 4.78 is 11.2. The molecular formula is C17H17NO2S. The first-order valence-electron chi connectivity index (χ1n) is 6.94. The molecule has 3 nitrogen and oxygen atoms in total. The Morgan fingerprint density at radius 1 is 1.19 bits per heavy atom. The van der Waals surface area contributed by atoms with Crippen LogP contribution < -0.4 is 4.74 Å². The second kappa shape index (κ2) is 6.22. The van der Waals surface area contributed by atoms with Gasteiger partial charge >= 0.3 is 0 Å². The molecule has 3 aromatic rings. The van der Waals surface area contributed by atoms with Crippen molar-refractivity contribution in [2.45, 2.75) is 20.0 Å². The van der Waals surface area contributed by atoms with Crippen LogP contribution in [0.4, 0.5) is 0 Å². The highest BCUT2D eigenvalue weighted by Gasteiger charge is 2.09. The Labute approximate surface area is 129 Å². The Morgan fingerprint density at radius 3 is 2.86 bits per heavy atom. The van der Waals surface area contributed by atoms with Crippen LogP contribution in [0.15, 0.2) is 47.0 Å². The third-order valence-corrected chi connectivity index (χ3v) is 3.74. The van der Waals surface area contributed by atoms with Gasteiger partial charge in [0.25, 0.3) is 0 Å². The minimum Gasteiger partial charge on any atom is -0.489 e. The second-order valence-electron chi connectivity index (χ2n) is 4.98. The number of nitrogens with zero attached hydrogens (tertiary/aromatic N) is 1. The van der Waals surface area contributed by atoms with Crippen molar-refractivity contribution in [3.63, 3.8) is 0 Å². The molecule has 0 unspecified atom stereocenters. The fraction of sp³-hybridized carbons (Fsp3) is 0.235. The Morgan fingerprint density at radius 2 is 2.05 bits per heavy atom. The highest BCUT2D eigenvalue weighted by atomic mass is 32.1. The number of thiol groups is 1. The zero-order chi connectivity index (χ0) is 14.7. The van der Waals surface area contributed by atoms with Crippen molar-refractivity contribution in [3.05, 3.63) is 59.3 Å². The Kier molecular flexibility index (Phi) is 4.15. The van der Waals surface area contributed by atoms with Gasteiger partial charge in [-0.2, -0.15) is 12.6 Å². The number of ether oxygens (including phenoxy) is 1. The number of aromatic nitrogens is 1. The van der Waals surface area contributed by atoms with E-state index in [1.165, 1.54) is 11.1 Å². The third kappa shape index (κ3) is 3.05. The number of aryl methyl sites for hydroxylation is 2. The minimum atomic E-state index is 0.561. The molecule has 0 N–H and O–H groups in total. The standard InChI is InChI=1S/C17H17NO2S/c1-12-4-2-3-5-13(12)11-19-14-6-7-17-15(10-14)16(8-9-21)18-20-17/h2-7,10,21H,8-9,11H2,1H3. The number of hydrogen-bond donors (Lipinski definition) is 1. The molecule has 0 radical (unpaired) electrons. The average molecular weight is 299 g/mol. The summed E-state index contributed by atoms with van der Waals surface area (Å²) in [4.78, 5) is 0. The summed E-state index contributed by atoms with van der Waals surface area (Å²) in [6, 6.07) is 14.0. The molecule has 3 rings (SSSR count). The first-order valence-corrected chi connectivity index (χ1v) is 7.57. The van der Waals surface area contributed by atoms with E-state index in [1.807, 2.05) is 30.3 Å². The summed E-state index contributed by atoms with van der Waals surface area (Å²) in [5.74, 6) is 1.57. The van der Waals surface area contributed by atoms with Crippen LogP contribution in [-0.4, -0.2) is 10.9 Å². The van der Waals surface area contributed by atoms with E-state index in [9.17, 15) is 0 Å². The van der Waals surface area contributed by atoms with E-state index >= 15 is 0 Å². The van der Waals surface area contributed by atoms with Gasteiger partial charge in [0.2, 0.25) is 0 Å². The van der Waals surface area contributed by atoms with Crippen LogP contribution in [0.25, 0.3) is 11.0 Å². The maximum atomic E-state index is 5.89. The Bertz CT molecular complexity index is 751. The van der Waals surface area contributed by atoms with Crippen molar-refractivity contribution in [2.75, 3.05) is 5.75 Å². The smallest absolute Gasteiger partial charge is 0.167 e. The first-order chi connectivity index (χ1) is 10.3. The van der Waals surface area contributed by atoms with E-state index < -0.39 is 0 Å². The van der Waals surface area contributed by atoms with Gasteiger partial charge in [0.05, 0.1) is 5.69 Å². The monoisotopic (exact) mass is 299 g/mol. The topological polar surface area (TPSA) is 35.3 Å². The summed E-state index contributed by atoms with van der Waals surface area (Å²) >= 11 is 4.25. The molecule has 0 aliphatic heterocycles. The normalized spacial score (nSPS) is 11.0. The van der Waals surface area contributed by atoms with Gasteiger partial charge in [-0.1, -0.05) is 29.4 Å². The van der Waals surface area contributed by atoms with Gasteiger partial charge in [-0.15, -0.1) is 0 Å². The fourth-order valence-electron chi connectivity index (χ4n) is 2.28. The Balaban J connectivity index is 1.81. The maximum absolute atomic E-state index is 5.89. The average Bonchev–Trinajstić information content (AvgIpc) is 2.89. The lowest BCUT2D eigenvalue weighted by Gasteiger charge is -2.08. The van der Waals surface area contributed by atoms with Crippen LogP contribution in [0.3, 0.4) is 0 Å². The van der Waals surface area contributed by atoms with Crippen LogP contribution in [-0.2, 0) is 13.0 Å². The zero-order valence-electron chi connectivity index (χ0n) is 11.9. The van der Waals surface area contributed by atoms with Crippen LogP contribution in [0.1, 0.15) is 16.8 Å². The number of benzene rings is 2. The molecule has 2 aromatic carbocycles. The van der Waals surface area contributed by atoms with Crippen LogP contribution in [0.2, 0.25) is 0 Å². The fourth-order valence-corrected chi connectivity index (χ4v) is 2.49. The Hall–Kier alpha value is -1.94. The summed E-state index contributed by atoms with van der Waals surface area (Å²) in [5.41, 5.74) is 4.15. The molecule has 0 aliphatic rings. The zero-order valence-corrected chi connectivity index (χ0v) is 12.8. The minimum absolute atomic E-state index is 0.561. The van der Waals surface area contributed by atoms with Gasteiger partial charge in [0, 0.05) is 11.8 Å². The number of hydrogen-bond acceptors (Lipinski definition) is 4. The van der Waals surface area contributed by atoms with E-state index in [1.54, 1.807) is 0 Å². The molecule has 1 heterocycles. The molecular weight excluding hydrogens is 282 g/mol. The van der Waals surface area contributed by atoms with Crippen molar-refractivity contribution in [1.29, 1.82) is 0 Å². The lowest BCUT2D eigenvalue weighted by atomic mass is 10.1. The van der Waals surface area contributed by atoms with Crippen molar-refractivity contribution in [1.82, 2.24) is 5.16 Å². The molecule has 0 bridgehead atoms. The molecule has 0 aliphatic carbocycles.